The molecule has 0 unspecified atom stereocenters. The summed E-state index contributed by atoms with van der Waals surface area (Å²) in [5.74, 6) is -0.818. The number of nitrogens with one attached hydrogen (secondary N) is 1. The van der Waals surface area contributed by atoms with E-state index in [2.05, 4.69) is 14.4 Å². The summed E-state index contributed by atoms with van der Waals surface area (Å²) in [4.78, 5) is 3.21. The van der Waals surface area contributed by atoms with Crippen molar-refractivity contribution in [2.24, 2.45) is 0 Å². The number of para-hydroxylation sites is 1. The second-order valence-corrected chi connectivity index (χ2v) is 5.97. The molecular weight excluding hydrogens is 321 g/mol. The Labute approximate surface area is 124 Å². The molecule has 9 heteroatoms. The van der Waals surface area contributed by atoms with Crippen LogP contribution in [0.1, 0.15) is 5.56 Å². The van der Waals surface area contributed by atoms with Gasteiger partial charge in [0.1, 0.15) is 16.5 Å². The van der Waals surface area contributed by atoms with Gasteiger partial charge in [0.15, 0.2) is 0 Å². The maximum Gasteiger partial charge on any atom is 0.573 e. The summed E-state index contributed by atoms with van der Waals surface area (Å²) in [5.41, 5.74) is 0.809. The first-order valence-electron chi connectivity index (χ1n) is 5.98. The van der Waals surface area contributed by atoms with Crippen LogP contribution in [0.25, 0.3) is 0 Å². The third kappa shape index (κ3) is 4.10. The lowest BCUT2D eigenvalue weighted by Crippen LogP contribution is -2.21. The largest absolute Gasteiger partial charge is 0.573 e. The van der Waals surface area contributed by atoms with Gasteiger partial charge in [0, 0.05) is 6.20 Å². The van der Waals surface area contributed by atoms with Crippen LogP contribution in [-0.2, 0) is 10.0 Å². The number of benzene rings is 1. The van der Waals surface area contributed by atoms with Crippen molar-refractivity contribution in [2.45, 2.75) is 18.2 Å². The van der Waals surface area contributed by atoms with Crippen LogP contribution in [0.15, 0.2) is 47.5 Å². The Kier molecular flexibility index (Phi) is 4.27. The maximum atomic E-state index is 12.3. The van der Waals surface area contributed by atoms with Gasteiger partial charge < -0.3 is 4.74 Å². The molecule has 118 valence electrons. The number of halogens is 3. The first kappa shape index (κ1) is 16.1. The lowest BCUT2D eigenvalue weighted by atomic mass is 10.3. The van der Waals surface area contributed by atoms with Crippen LogP contribution < -0.4 is 9.46 Å². The first-order chi connectivity index (χ1) is 10.2. The highest BCUT2D eigenvalue weighted by molar-refractivity contribution is 7.92. The number of rotatable bonds is 4. The summed E-state index contributed by atoms with van der Waals surface area (Å²) in [5, 5.41) is 0. The minimum atomic E-state index is -4.99. The normalized spacial score (nSPS) is 12.0. The van der Waals surface area contributed by atoms with Crippen molar-refractivity contribution in [3.63, 3.8) is 0 Å². The number of sulfonamides is 1. The van der Waals surface area contributed by atoms with Crippen LogP contribution in [0.2, 0.25) is 0 Å². The molecule has 0 radical (unpaired) electrons. The Morgan fingerprint density at radius 1 is 1.14 bits per heavy atom. The Morgan fingerprint density at radius 2 is 1.82 bits per heavy atom. The molecule has 0 amide bonds. The molecule has 2 rings (SSSR count). The lowest BCUT2D eigenvalue weighted by Gasteiger charge is -2.14. The molecule has 1 N–H and O–H groups in total. The van der Waals surface area contributed by atoms with E-state index in [0.717, 1.165) is 17.7 Å². The van der Waals surface area contributed by atoms with Gasteiger partial charge in [-0.2, -0.15) is 0 Å². The van der Waals surface area contributed by atoms with Gasteiger partial charge in [0.2, 0.25) is 0 Å². The van der Waals surface area contributed by atoms with Gasteiger partial charge in [0.05, 0.1) is 0 Å². The third-order valence-corrected chi connectivity index (χ3v) is 3.91. The summed E-state index contributed by atoms with van der Waals surface area (Å²) in [7, 11) is -4.27. The van der Waals surface area contributed by atoms with E-state index in [1.165, 1.54) is 24.4 Å². The number of alkyl halides is 3. The smallest absolute Gasteiger partial charge is 0.404 e. The van der Waals surface area contributed by atoms with Crippen LogP contribution in [0.5, 0.6) is 5.75 Å². The molecule has 0 saturated carbocycles. The van der Waals surface area contributed by atoms with Crippen molar-refractivity contribution in [1.29, 1.82) is 0 Å². The minimum Gasteiger partial charge on any atom is -0.404 e. The van der Waals surface area contributed by atoms with E-state index in [0.29, 0.717) is 0 Å². The number of anilines is 1. The molecule has 0 bridgehead atoms. The average molecular weight is 332 g/mol. The van der Waals surface area contributed by atoms with E-state index in [-0.39, 0.29) is 5.82 Å². The van der Waals surface area contributed by atoms with Crippen molar-refractivity contribution < 1.29 is 26.3 Å². The fourth-order valence-corrected chi connectivity index (χ4v) is 2.74. The van der Waals surface area contributed by atoms with Gasteiger partial charge >= 0.3 is 6.36 Å². The molecule has 0 aliphatic carbocycles. The zero-order valence-electron chi connectivity index (χ0n) is 11.3. The van der Waals surface area contributed by atoms with Gasteiger partial charge in [-0.05, 0) is 30.7 Å². The summed E-state index contributed by atoms with van der Waals surface area (Å²) in [6, 6.07) is 7.48. The highest BCUT2D eigenvalue weighted by Crippen LogP contribution is 2.30. The maximum absolute atomic E-state index is 12.3. The molecule has 0 atom stereocenters. The summed E-state index contributed by atoms with van der Waals surface area (Å²) in [6.07, 6.45) is -3.57. The molecule has 0 saturated heterocycles. The highest BCUT2D eigenvalue weighted by Gasteiger charge is 2.34. The first-order valence-corrected chi connectivity index (χ1v) is 7.46. The van der Waals surface area contributed by atoms with Crippen LogP contribution in [0.4, 0.5) is 19.0 Å². The number of aromatic nitrogens is 1. The standard InChI is InChI=1S/C13H11F3N2O3S/c1-9-6-7-12(17-8-9)18-22(19,20)11-5-3-2-4-10(11)21-13(14,15)16/h2-8H,1H3,(H,17,18). The molecule has 22 heavy (non-hydrogen) atoms. The Bertz CT molecular complexity index is 759. The SMILES string of the molecule is Cc1ccc(NS(=O)(=O)c2ccccc2OC(F)(F)F)nc1. The van der Waals surface area contributed by atoms with E-state index in [4.69, 9.17) is 0 Å². The number of hydrogen-bond acceptors (Lipinski definition) is 4. The van der Waals surface area contributed by atoms with Crippen molar-refractivity contribution in [3.05, 3.63) is 48.2 Å². The minimum absolute atomic E-state index is 0.00703. The van der Waals surface area contributed by atoms with Crippen LogP contribution in [0.3, 0.4) is 0 Å². The molecule has 2 aromatic rings. The van der Waals surface area contributed by atoms with Crippen LogP contribution >= 0.6 is 0 Å². The average Bonchev–Trinajstić information content (AvgIpc) is 2.40. The summed E-state index contributed by atoms with van der Waals surface area (Å²) in [6.45, 7) is 1.76. The molecule has 0 fully saturated rings. The molecule has 1 aromatic heterocycles. The van der Waals surface area contributed by atoms with E-state index in [1.807, 2.05) is 0 Å². The molecule has 1 heterocycles. The van der Waals surface area contributed by atoms with Gasteiger partial charge in [-0.15, -0.1) is 13.2 Å². The number of ether oxygens (including phenoxy) is 1. The van der Waals surface area contributed by atoms with E-state index >= 15 is 0 Å². The number of aryl methyl sites for hydroxylation is 1. The molecule has 0 spiro atoms. The van der Waals surface area contributed by atoms with E-state index in [9.17, 15) is 21.6 Å². The number of hydrogen-bond donors (Lipinski definition) is 1. The molecular formula is C13H11F3N2O3S. The van der Waals surface area contributed by atoms with Gasteiger partial charge in [-0.1, -0.05) is 18.2 Å². The van der Waals surface area contributed by atoms with Gasteiger partial charge in [0.25, 0.3) is 10.0 Å². The fourth-order valence-electron chi connectivity index (χ4n) is 1.60. The Morgan fingerprint density at radius 3 is 2.41 bits per heavy atom. The van der Waals surface area contributed by atoms with Crippen molar-refractivity contribution >= 4 is 15.8 Å². The molecule has 0 aliphatic heterocycles. The number of pyridine rings is 1. The van der Waals surface area contributed by atoms with E-state index in [1.54, 1.807) is 13.0 Å². The zero-order valence-corrected chi connectivity index (χ0v) is 12.1. The quantitative estimate of drug-likeness (QED) is 0.934. The monoisotopic (exact) mass is 332 g/mol. The van der Waals surface area contributed by atoms with Crippen LogP contribution in [0, 0.1) is 6.92 Å². The van der Waals surface area contributed by atoms with Crippen molar-refractivity contribution in [1.82, 2.24) is 4.98 Å². The predicted octanol–water partition coefficient (Wildman–Crippen LogP) is 3.09. The molecule has 1 aromatic carbocycles. The predicted molar refractivity (Wildman–Crippen MR) is 72.9 cm³/mol. The topological polar surface area (TPSA) is 68.3 Å². The Hall–Kier alpha value is -2.29. The fraction of sp³-hybridized carbons (Fsp3) is 0.154. The second-order valence-electron chi connectivity index (χ2n) is 4.32. The molecule has 0 aliphatic rings. The van der Waals surface area contributed by atoms with Crippen molar-refractivity contribution in [2.75, 3.05) is 4.72 Å². The number of nitrogens with zero attached hydrogens (tertiary/aromatic N) is 1. The Balaban J connectivity index is 2.35. The van der Waals surface area contributed by atoms with Gasteiger partial charge in [-0.25, -0.2) is 13.4 Å². The third-order valence-electron chi connectivity index (χ3n) is 2.51. The highest BCUT2D eigenvalue weighted by atomic mass is 32.2. The summed E-state index contributed by atoms with van der Waals surface area (Å²) >= 11 is 0. The lowest BCUT2D eigenvalue weighted by molar-refractivity contribution is -0.275. The summed E-state index contributed by atoms with van der Waals surface area (Å²) < 4.78 is 67.2. The van der Waals surface area contributed by atoms with Gasteiger partial charge in [-0.3, -0.25) is 4.72 Å². The van der Waals surface area contributed by atoms with E-state index < -0.39 is 27.0 Å². The molecule has 5 nitrogen and oxygen atoms in total. The van der Waals surface area contributed by atoms with Crippen molar-refractivity contribution in [3.8, 4) is 5.75 Å². The van der Waals surface area contributed by atoms with Crippen LogP contribution in [-0.4, -0.2) is 19.8 Å². The second kappa shape index (κ2) is 5.84. The zero-order chi connectivity index (χ0) is 16.4.